The number of thiophene rings is 1. The van der Waals surface area contributed by atoms with Crippen LogP contribution in [-0.2, 0) is 0 Å². The highest BCUT2D eigenvalue weighted by Gasteiger charge is 2.26. The van der Waals surface area contributed by atoms with Crippen LogP contribution in [0.3, 0.4) is 0 Å². The monoisotopic (exact) mass is 346 g/mol. The van der Waals surface area contributed by atoms with Crippen LogP contribution >= 0.6 is 11.3 Å². The zero-order valence-electron chi connectivity index (χ0n) is 13.5. The van der Waals surface area contributed by atoms with E-state index in [0.717, 1.165) is 10.5 Å². The number of carbonyl (C=O) groups excluding carboxylic acids is 1. The number of amides is 1. The van der Waals surface area contributed by atoms with Crippen molar-refractivity contribution in [1.82, 2.24) is 5.43 Å². The molecule has 0 radical (unpaired) electrons. The first kappa shape index (κ1) is 17.9. The van der Waals surface area contributed by atoms with Crippen molar-refractivity contribution >= 4 is 28.5 Å². The molecular weight excluding hydrogens is 327 g/mol. The molecule has 2 N–H and O–H groups in total. The van der Waals surface area contributed by atoms with Crippen molar-refractivity contribution in [2.45, 2.75) is 25.9 Å². The van der Waals surface area contributed by atoms with E-state index in [2.05, 4.69) is 17.1 Å². The molecule has 2 aromatic rings. The second-order valence-corrected chi connectivity index (χ2v) is 6.69. The molecule has 0 atom stereocenters. The Labute approximate surface area is 144 Å². The Kier molecular flexibility index (Phi) is 5.51. The average Bonchev–Trinajstić information content (AvgIpc) is 3.04. The van der Waals surface area contributed by atoms with E-state index in [1.807, 2.05) is 17.5 Å². The topological polar surface area (TPSA) is 61.7 Å². The summed E-state index contributed by atoms with van der Waals surface area (Å²) in [4.78, 5) is 13.0. The predicted octanol–water partition coefficient (Wildman–Crippen LogP) is 4.39. The highest BCUT2D eigenvalue weighted by atomic mass is 32.1. The fraction of sp³-hybridized carbons (Fsp3) is 0.222. The van der Waals surface area contributed by atoms with E-state index in [9.17, 15) is 14.3 Å². The van der Waals surface area contributed by atoms with Crippen LogP contribution in [0.1, 0.15) is 35.5 Å². The molecule has 0 saturated heterocycles. The van der Waals surface area contributed by atoms with Crippen molar-refractivity contribution < 1.29 is 14.3 Å². The van der Waals surface area contributed by atoms with E-state index < -0.39 is 11.6 Å². The predicted molar refractivity (Wildman–Crippen MR) is 96.2 cm³/mol. The molecule has 126 valence electrons. The van der Waals surface area contributed by atoms with E-state index in [1.54, 1.807) is 12.1 Å². The van der Waals surface area contributed by atoms with Crippen LogP contribution in [0.15, 0.2) is 53.5 Å². The lowest BCUT2D eigenvalue weighted by Gasteiger charge is -2.18. The standard InChI is InChI=1S/C18H19FN2O2S/c1-12(15-9-6-10-24-15)11-16(18(2,3)19)20-21-17(23)13-7-4-5-8-14(13)22/h4-10,22H,1,11H2,2-3H3,(H,21,23)/b20-16-. The van der Waals surface area contributed by atoms with Crippen LogP contribution < -0.4 is 5.43 Å². The number of carbonyl (C=O) groups is 1. The molecule has 0 aliphatic heterocycles. The van der Waals surface area contributed by atoms with Gasteiger partial charge in [0.2, 0.25) is 0 Å². The normalized spacial score (nSPS) is 12.0. The fourth-order valence-electron chi connectivity index (χ4n) is 2.00. The van der Waals surface area contributed by atoms with Crippen LogP contribution in [0.4, 0.5) is 4.39 Å². The molecular formula is C18H19FN2O2S. The van der Waals surface area contributed by atoms with Crippen molar-refractivity contribution in [3.63, 3.8) is 0 Å². The molecule has 0 bridgehead atoms. The van der Waals surface area contributed by atoms with Gasteiger partial charge in [-0.05, 0) is 43.0 Å². The summed E-state index contributed by atoms with van der Waals surface area (Å²) in [7, 11) is 0. The van der Waals surface area contributed by atoms with Gasteiger partial charge in [0.25, 0.3) is 5.91 Å². The molecule has 0 aliphatic carbocycles. The zero-order chi connectivity index (χ0) is 17.7. The molecule has 1 aromatic carbocycles. The third-order valence-corrected chi connectivity index (χ3v) is 4.35. The SMILES string of the molecule is C=C(C/C(=N/NC(=O)c1ccccc1O)C(C)(C)F)c1cccs1. The Morgan fingerprint density at radius 2 is 2.04 bits per heavy atom. The number of phenolic OH excluding ortho intramolecular Hbond substituents is 1. The van der Waals surface area contributed by atoms with Crippen LogP contribution in [0.5, 0.6) is 5.75 Å². The van der Waals surface area contributed by atoms with Gasteiger partial charge >= 0.3 is 0 Å². The van der Waals surface area contributed by atoms with Crippen LogP contribution in [0, 0.1) is 0 Å². The summed E-state index contributed by atoms with van der Waals surface area (Å²) in [6.07, 6.45) is 0.199. The molecule has 1 heterocycles. The molecule has 0 aliphatic rings. The summed E-state index contributed by atoms with van der Waals surface area (Å²) in [6.45, 7) is 6.71. The first-order chi connectivity index (χ1) is 11.3. The average molecular weight is 346 g/mol. The molecule has 24 heavy (non-hydrogen) atoms. The summed E-state index contributed by atoms with van der Waals surface area (Å²) < 4.78 is 14.4. The number of alkyl halides is 1. The Morgan fingerprint density at radius 3 is 2.62 bits per heavy atom. The summed E-state index contributed by atoms with van der Waals surface area (Å²) >= 11 is 1.51. The second kappa shape index (κ2) is 7.40. The first-order valence-electron chi connectivity index (χ1n) is 7.35. The Morgan fingerprint density at radius 1 is 1.33 bits per heavy atom. The molecule has 6 heteroatoms. The van der Waals surface area contributed by atoms with Gasteiger partial charge in [0.05, 0.1) is 11.3 Å². The van der Waals surface area contributed by atoms with Gasteiger partial charge in [0.15, 0.2) is 0 Å². The number of hydrogen-bond acceptors (Lipinski definition) is 4. The molecule has 1 aromatic heterocycles. The molecule has 0 fully saturated rings. The third kappa shape index (κ3) is 4.52. The zero-order valence-corrected chi connectivity index (χ0v) is 14.4. The highest BCUT2D eigenvalue weighted by Crippen LogP contribution is 2.26. The first-order valence-corrected chi connectivity index (χ1v) is 8.23. The van der Waals surface area contributed by atoms with Gasteiger partial charge in [-0.2, -0.15) is 5.10 Å². The minimum atomic E-state index is -1.72. The maximum Gasteiger partial charge on any atom is 0.275 e. The lowest BCUT2D eigenvalue weighted by atomic mass is 9.97. The van der Waals surface area contributed by atoms with Gasteiger partial charge in [-0.25, -0.2) is 9.82 Å². The minimum Gasteiger partial charge on any atom is -0.507 e. The molecule has 0 saturated carbocycles. The number of hydrazone groups is 1. The summed E-state index contributed by atoms with van der Waals surface area (Å²) in [5, 5.41) is 15.5. The number of nitrogens with zero attached hydrogens (tertiary/aromatic N) is 1. The van der Waals surface area contributed by atoms with Gasteiger partial charge in [0.1, 0.15) is 11.4 Å². The lowest BCUT2D eigenvalue weighted by Crippen LogP contribution is -2.30. The molecule has 0 unspecified atom stereocenters. The van der Waals surface area contributed by atoms with Gasteiger partial charge in [-0.1, -0.05) is 24.8 Å². The van der Waals surface area contributed by atoms with Gasteiger partial charge < -0.3 is 5.11 Å². The number of benzene rings is 1. The maximum absolute atomic E-state index is 14.4. The number of hydrogen-bond donors (Lipinski definition) is 2. The van der Waals surface area contributed by atoms with E-state index in [4.69, 9.17) is 0 Å². The minimum absolute atomic E-state index is 0.0781. The summed E-state index contributed by atoms with van der Waals surface area (Å²) in [5.41, 5.74) is 1.56. The van der Waals surface area contributed by atoms with E-state index >= 15 is 0 Å². The smallest absolute Gasteiger partial charge is 0.275 e. The number of aromatic hydroxyl groups is 1. The van der Waals surface area contributed by atoms with Crippen molar-refractivity contribution in [2.24, 2.45) is 5.10 Å². The van der Waals surface area contributed by atoms with Crippen molar-refractivity contribution in [1.29, 1.82) is 0 Å². The summed E-state index contributed by atoms with van der Waals surface area (Å²) in [5.74, 6) is -0.758. The van der Waals surface area contributed by atoms with Crippen molar-refractivity contribution in [2.75, 3.05) is 0 Å². The van der Waals surface area contributed by atoms with Gasteiger partial charge in [-0.15, -0.1) is 11.3 Å². The molecule has 2 rings (SSSR count). The Balaban J connectivity index is 2.16. The number of nitrogens with one attached hydrogen (secondary N) is 1. The second-order valence-electron chi connectivity index (χ2n) is 5.75. The number of allylic oxidation sites excluding steroid dienone is 1. The highest BCUT2D eigenvalue weighted by molar-refractivity contribution is 7.11. The number of rotatable bonds is 6. The van der Waals surface area contributed by atoms with Gasteiger partial charge in [-0.3, -0.25) is 4.79 Å². The largest absolute Gasteiger partial charge is 0.507 e. The van der Waals surface area contributed by atoms with Crippen LogP contribution in [0.25, 0.3) is 5.57 Å². The number of halogens is 1. The van der Waals surface area contributed by atoms with Crippen LogP contribution in [-0.4, -0.2) is 22.4 Å². The molecule has 4 nitrogen and oxygen atoms in total. The fourth-order valence-corrected chi connectivity index (χ4v) is 2.70. The Bertz CT molecular complexity index is 762. The van der Waals surface area contributed by atoms with Crippen molar-refractivity contribution in [3.05, 3.63) is 58.8 Å². The van der Waals surface area contributed by atoms with E-state index in [1.165, 1.54) is 37.3 Å². The van der Waals surface area contributed by atoms with E-state index in [0.29, 0.717) is 0 Å². The summed E-state index contributed by atoms with van der Waals surface area (Å²) in [6, 6.07) is 9.88. The van der Waals surface area contributed by atoms with Crippen molar-refractivity contribution in [3.8, 4) is 5.75 Å². The third-order valence-electron chi connectivity index (χ3n) is 3.38. The number of para-hydroxylation sites is 1. The number of phenols is 1. The molecule has 0 spiro atoms. The maximum atomic E-state index is 14.4. The Hall–Kier alpha value is -2.47. The van der Waals surface area contributed by atoms with Crippen LogP contribution in [0.2, 0.25) is 0 Å². The molecule has 1 amide bonds. The van der Waals surface area contributed by atoms with E-state index in [-0.39, 0.29) is 23.4 Å². The lowest BCUT2D eigenvalue weighted by molar-refractivity contribution is 0.0951. The van der Waals surface area contributed by atoms with Gasteiger partial charge in [0, 0.05) is 11.3 Å². The quantitative estimate of drug-likeness (QED) is 0.602.